The summed E-state index contributed by atoms with van der Waals surface area (Å²) in [7, 11) is 0. The molecule has 0 fully saturated rings. The molecule has 0 aliphatic heterocycles. The summed E-state index contributed by atoms with van der Waals surface area (Å²) >= 11 is 6.07. The van der Waals surface area contributed by atoms with Gasteiger partial charge in [0.1, 0.15) is 0 Å². The van der Waals surface area contributed by atoms with Gasteiger partial charge in [-0.15, -0.1) is 0 Å². The fraction of sp³-hybridized carbons (Fsp3) is 0.538. The fourth-order valence-corrected chi connectivity index (χ4v) is 2.35. The minimum absolute atomic E-state index is 0.0196. The SMILES string of the molecule is CC(C)CC(C)(CN)Nc1ccc([N+](=O)[O-])cc1Cl. The molecule has 106 valence electrons. The van der Waals surface area contributed by atoms with E-state index in [4.69, 9.17) is 17.3 Å². The van der Waals surface area contributed by atoms with Crippen molar-refractivity contribution >= 4 is 23.0 Å². The summed E-state index contributed by atoms with van der Waals surface area (Å²) in [4.78, 5) is 10.2. The van der Waals surface area contributed by atoms with E-state index in [9.17, 15) is 10.1 Å². The van der Waals surface area contributed by atoms with Crippen LogP contribution in [0.2, 0.25) is 5.02 Å². The van der Waals surface area contributed by atoms with Crippen molar-refractivity contribution < 1.29 is 4.92 Å². The van der Waals surface area contributed by atoms with Crippen LogP contribution in [0.4, 0.5) is 11.4 Å². The van der Waals surface area contributed by atoms with Crippen LogP contribution in [-0.2, 0) is 0 Å². The number of nitrogens with one attached hydrogen (secondary N) is 1. The van der Waals surface area contributed by atoms with E-state index in [0.29, 0.717) is 23.2 Å². The second-order valence-electron chi connectivity index (χ2n) is 5.41. The van der Waals surface area contributed by atoms with Gasteiger partial charge in [0.05, 0.1) is 15.6 Å². The molecular formula is C13H20ClN3O2. The number of benzene rings is 1. The zero-order chi connectivity index (χ0) is 14.6. The van der Waals surface area contributed by atoms with Crippen molar-refractivity contribution in [3.05, 3.63) is 33.3 Å². The van der Waals surface area contributed by atoms with Gasteiger partial charge in [0.25, 0.3) is 5.69 Å². The summed E-state index contributed by atoms with van der Waals surface area (Å²) in [5.41, 5.74) is 6.18. The first kappa shape index (κ1) is 15.7. The molecule has 0 radical (unpaired) electrons. The van der Waals surface area contributed by atoms with Crippen molar-refractivity contribution in [2.75, 3.05) is 11.9 Å². The molecule has 3 N–H and O–H groups in total. The monoisotopic (exact) mass is 285 g/mol. The van der Waals surface area contributed by atoms with Gasteiger partial charge in [-0.2, -0.15) is 0 Å². The smallest absolute Gasteiger partial charge is 0.271 e. The Morgan fingerprint density at radius 3 is 2.58 bits per heavy atom. The molecule has 0 aromatic heterocycles. The van der Waals surface area contributed by atoms with Gasteiger partial charge in [-0.05, 0) is 25.3 Å². The summed E-state index contributed by atoms with van der Waals surface area (Å²) in [5, 5.41) is 14.3. The first-order valence-electron chi connectivity index (χ1n) is 6.19. The van der Waals surface area contributed by atoms with E-state index in [-0.39, 0.29) is 11.2 Å². The van der Waals surface area contributed by atoms with Crippen LogP contribution in [-0.4, -0.2) is 17.0 Å². The molecule has 0 saturated heterocycles. The lowest BCUT2D eigenvalue weighted by molar-refractivity contribution is -0.384. The van der Waals surface area contributed by atoms with E-state index in [2.05, 4.69) is 19.2 Å². The van der Waals surface area contributed by atoms with Crippen molar-refractivity contribution in [2.45, 2.75) is 32.7 Å². The number of anilines is 1. The second-order valence-corrected chi connectivity index (χ2v) is 5.82. The number of nitro groups is 1. The molecular weight excluding hydrogens is 266 g/mol. The average molecular weight is 286 g/mol. The number of non-ortho nitro benzene ring substituents is 1. The zero-order valence-corrected chi connectivity index (χ0v) is 12.2. The van der Waals surface area contributed by atoms with Crippen LogP contribution in [0.1, 0.15) is 27.2 Å². The van der Waals surface area contributed by atoms with E-state index in [0.717, 1.165) is 6.42 Å². The molecule has 0 amide bonds. The molecule has 0 saturated carbocycles. The Labute approximate surface area is 118 Å². The first-order chi connectivity index (χ1) is 8.77. The van der Waals surface area contributed by atoms with Crippen molar-refractivity contribution in [2.24, 2.45) is 11.7 Å². The lowest BCUT2D eigenvalue weighted by atomic mass is 9.90. The molecule has 0 bridgehead atoms. The molecule has 0 heterocycles. The number of nitrogens with two attached hydrogens (primary N) is 1. The second kappa shape index (κ2) is 6.21. The number of hydrogen-bond donors (Lipinski definition) is 2. The standard InChI is InChI=1S/C13H20ClN3O2/c1-9(2)7-13(3,8-15)16-12-5-4-10(17(18)19)6-11(12)14/h4-6,9,16H,7-8,15H2,1-3H3. The summed E-state index contributed by atoms with van der Waals surface area (Å²) in [6.07, 6.45) is 0.886. The van der Waals surface area contributed by atoms with Gasteiger partial charge in [-0.1, -0.05) is 25.4 Å². The Balaban J connectivity index is 2.95. The molecule has 5 nitrogen and oxygen atoms in total. The van der Waals surface area contributed by atoms with Gasteiger partial charge in [0.15, 0.2) is 0 Å². The van der Waals surface area contributed by atoms with Gasteiger partial charge < -0.3 is 11.1 Å². The molecule has 6 heteroatoms. The highest BCUT2D eigenvalue weighted by atomic mass is 35.5. The van der Waals surface area contributed by atoms with Crippen LogP contribution in [0.3, 0.4) is 0 Å². The maximum atomic E-state index is 10.7. The van der Waals surface area contributed by atoms with Crippen molar-refractivity contribution in [3.8, 4) is 0 Å². The lowest BCUT2D eigenvalue weighted by Gasteiger charge is -2.32. The molecule has 0 spiro atoms. The van der Waals surface area contributed by atoms with Gasteiger partial charge in [0.2, 0.25) is 0 Å². The van der Waals surface area contributed by atoms with Gasteiger partial charge in [-0.25, -0.2) is 0 Å². The van der Waals surface area contributed by atoms with Crippen molar-refractivity contribution in [1.82, 2.24) is 0 Å². The third-order valence-electron chi connectivity index (χ3n) is 2.91. The molecule has 1 atom stereocenters. The number of rotatable bonds is 6. The Bertz CT molecular complexity index is 465. The maximum Gasteiger partial charge on any atom is 0.271 e. The highest BCUT2D eigenvalue weighted by Crippen LogP contribution is 2.30. The number of nitro benzene ring substituents is 1. The van der Waals surface area contributed by atoms with Crippen LogP contribution in [0.25, 0.3) is 0 Å². The first-order valence-corrected chi connectivity index (χ1v) is 6.57. The molecule has 1 rings (SSSR count). The number of halogens is 1. The van der Waals surface area contributed by atoms with Gasteiger partial charge in [0, 0.05) is 24.2 Å². The molecule has 1 aromatic carbocycles. The summed E-state index contributed by atoms with van der Waals surface area (Å²) in [6, 6.07) is 4.39. The predicted octanol–water partition coefficient (Wildman–Crippen LogP) is 3.42. The fourth-order valence-electron chi connectivity index (χ4n) is 2.13. The van der Waals surface area contributed by atoms with E-state index in [1.54, 1.807) is 6.07 Å². The number of hydrogen-bond acceptors (Lipinski definition) is 4. The van der Waals surface area contributed by atoms with Gasteiger partial charge >= 0.3 is 0 Å². The maximum absolute atomic E-state index is 10.7. The van der Waals surface area contributed by atoms with Crippen molar-refractivity contribution in [3.63, 3.8) is 0 Å². The molecule has 1 aromatic rings. The predicted molar refractivity (Wildman–Crippen MR) is 78.6 cm³/mol. The Morgan fingerprint density at radius 2 is 2.16 bits per heavy atom. The molecule has 0 aliphatic rings. The van der Waals surface area contributed by atoms with Crippen LogP contribution in [0.15, 0.2) is 18.2 Å². The average Bonchev–Trinajstić information content (AvgIpc) is 2.30. The Hall–Kier alpha value is -1.33. The third kappa shape index (κ3) is 4.36. The van der Waals surface area contributed by atoms with Crippen molar-refractivity contribution in [1.29, 1.82) is 0 Å². The third-order valence-corrected chi connectivity index (χ3v) is 3.22. The minimum Gasteiger partial charge on any atom is -0.377 e. The zero-order valence-electron chi connectivity index (χ0n) is 11.4. The van der Waals surface area contributed by atoms with E-state index >= 15 is 0 Å². The molecule has 19 heavy (non-hydrogen) atoms. The van der Waals surface area contributed by atoms with E-state index < -0.39 is 4.92 Å². The highest BCUT2D eigenvalue weighted by Gasteiger charge is 2.24. The topological polar surface area (TPSA) is 81.2 Å². The Morgan fingerprint density at radius 1 is 1.53 bits per heavy atom. The summed E-state index contributed by atoms with van der Waals surface area (Å²) < 4.78 is 0. The summed E-state index contributed by atoms with van der Waals surface area (Å²) in [5.74, 6) is 0.484. The van der Waals surface area contributed by atoms with E-state index in [1.165, 1.54) is 12.1 Å². The Kier molecular flexibility index (Phi) is 5.14. The largest absolute Gasteiger partial charge is 0.377 e. The molecule has 0 aliphatic carbocycles. The normalized spacial score (nSPS) is 14.2. The quantitative estimate of drug-likeness (QED) is 0.620. The highest BCUT2D eigenvalue weighted by molar-refractivity contribution is 6.33. The van der Waals surface area contributed by atoms with Crippen LogP contribution in [0, 0.1) is 16.0 Å². The van der Waals surface area contributed by atoms with Crippen LogP contribution >= 0.6 is 11.6 Å². The van der Waals surface area contributed by atoms with E-state index in [1.807, 2.05) is 6.92 Å². The lowest BCUT2D eigenvalue weighted by Crippen LogP contribution is -2.43. The van der Waals surface area contributed by atoms with Crippen LogP contribution < -0.4 is 11.1 Å². The summed E-state index contributed by atoms with van der Waals surface area (Å²) in [6.45, 7) is 6.71. The molecule has 1 unspecified atom stereocenters. The van der Waals surface area contributed by atoms with Gasteiger partial charge in [-0.3, -0.25) is 10.1 Å². The minimum atomic E-state index is -0.466. The van der Waals surface area contributed by atoms with Crippen LogP contribution in [0.5, 0.6) is 0 Å². The number of nitrogens with zero attached hydrogens (tertiary/aromatic N) is 1.